The summed E-state index contributed by atoms with van der Waals surface area (Å²) in [4.78, 5) is 10.7. The van der Waals surface area contributed by atoms with Gasteiger partial charge in [0.1, 0.15) is 5.75 Å². The quantitative estimate of drug-likeness (QED) is 0.508. The molecule has 0 aliphatic heterocycles. The minimum atomic E-state index is -0.956. The Bertz CT molecular complexity index is 1000. The summed E-state index contributed by atoms with van der Waals surface area (Å²) in [5.41, 5.74) is 2.57. The average Bonchev–Trinajstić information content (AvgIpc) is 3.20. The first-order valence-electron chi connectivity index (χ1n) is 10.3. The molecular formula is C25H28ClNO3. The first-order chi connectivity index (χ1) is 14.1. The highest BCUT2D eigenvalue weighted by molar-refractivity contribution is 5.86. The normalized spacial score (nSPS) is 19.2. The van der Waals surface area contributed by atoms with Crippen LogP contribution in [0, 0.1) is 0 Å². The molecule has 1 saturated carbocycles. The molecule has 0 unspecified atom stereocenters. The van der Waals surface area contributed by atoms with Gasteiger partial charge in [-0.25, -0.2) is 4.79 Å². The van der Waals surface area contributed by atoms with E-state index >= 15 is 0 Å². The Kier molecular flexibility index (Phi) is 7.35. The SMILES string of the molecule is C[C@@H](N[C@H]1CC[C@@H](c2cccc(OCC(=O)O)c2)C1)c1cccc2ccccc12.Cl. The van der Waals surface area contributed by atoms with Crippen molar-refractivity contribution in [2.24, 2.45) is 0 Å². The lowest BCUT2D eigenvalue weighted by molar-refractivity contribution is -0.139. The Balaban J connectivity index is 0.00000256. The molecule has 0 aromatic heterocycles. The first kappa shape index (κ1) is 22.1. The van der Waals surface area contributed by atoms with Crippen LogP contribution in [0.15, 0.2) is 66.7 Å². The van der Waals surface area contributed by atoms with Crippen molar-refractivity contribution in [2.75, 3.05) is 6.61 Å². The highest BCUT2D eigenvalue weighted by atomic mass is 35.5. The molecule has 3 atom stereocenters. The van der Waals surface area contributed by atoms with Gasteiger partial charge in [-0.3, -0.25) is 0 Å². The van der Waals surface area contributed by atoms with Crippen molar-refractivity contribution in [3.05, 3.63) is 77.9 Å². The third-order valence-electron chi connectivity index (χ3n) is 5.90. The van der Waals surface area contributed by atoms with Crippen LogP contribution < -0.4 is 10.1 Å². The third-order valence-corrected chi connectivity index (χ3v) is 5.90. The zero-order valence-corrected chi connectivity index (χ0v) is 17.9. The van der Waals surface area contributed by atoms with E-state index in [4.69, 9.17) is 9.84 Å². The van der Waals surface area contributed by atoms with E-state index < -0.39 is 5.97 Å². The first-order valence-corrected chi connectivity index (χ1v) is 10.3. The summed E-state index contributed by atoms with van der Waals surface area (Å²) in [6.45, 7) is 1.94. The molecule has 0 amide bonds. The molecule has 0 heterocycles. The maximum absolute atomic E-state index is 10.7. The van der Waals surface area contributed by atoms with Crippen molar-refractivity contribution in [1.29, 1.82) is 0 Å². The number of carboxylic acid groups (broad SMARTS) is 1. The van der Waals surface area contributed by atoms with Crippen molar-refractivity contribution >= 4 is 29.1 Å². The Morgan fingerprint density at radius 2 is 1.87 bits per heavy atom. The predicted molar refractivity (Wildman–Crippen MR) is 123 cm³/mol. The van der Waals surface area contributed by atoms with Crippen molar-refractivity contribution in [1.82, 2.24) is 5.32 Å². The van der Waals surface area contributed by atoms with Crippen LogP contribution in [0.3, 0.4) is 0 Å². The summed E-state index contributed by atoms with van der Waals surface area (Å²) < 4.78 is 5.34. The van der Waals surface area contributed by atoms with Crippen LogP contribution in [0.5, 0.6) is 5.75 Å². The molecule has 0 bridgehead atoms. The number of hydrogen-bond donors (Lipinski definition) is 2. The number of ether oxygens (including phenoxy) is 1. The van der Waals surface area contributed by atoms with E-state index in [9.17, 15) is 4.79 Å². The molecule has 0 saturated heterocycles. The molecular weight excluding hydrogens is 398 g/mol. The molecule has 4 nitrogen and oxygen atoms in total. The second-order valence-corrected chi connectivity index (χ2v) is 7.92. The zero-order valence-electron chi connectivity index (χ0n) is 17.1. The Morgan fingerprint density at radius 3 is 2.70 bits per heavy atom. The number of carboxylic acids is 1. The van der Waals surface area contributed by atoms with Crippen LogP contribution in [-0.4, -0.2) is 23.7 Å². The molecule has 2 N–H and O–H groups in total. The lowest BCUT2D eigenvalue weighted by atomic mass is 9.96. The standard InChI is InChI=1S/C25H27NO3.ClH/c1-17(23-11-5-7-18-6-2-3-10-24(18)23)26-21-13-12-20(14-21)19-8-4-9-22(15-19)29-16-25(27)28;/h2-11,15,17,20-21,26H,12-14,16H2,1H3,(H,27,28);1H/t17-,20-,21+;/m1./s1. The largest absolute Gasteiger partial charge is 0.482 e. The molecule has 1 aliphatic rings. The number of hydrogen-bond acceptors (Lipinski definition) is 3. The van der Waals surface area contributed by atoms with Gasteiger partial charge in [-0.05, 0) is 66.1 Å². The van der Waals surface area contributed by atoms with E-state index in [-0.39, 0.29) is 25.1 Å². The maximum Gasteiger partial charge on any atom is 0.341 e. The zero-order chi connectivity index (χ0) is 20.2. The Hall–Kier alpha value is -2.56. The van der Waals surface area contributed by atoms with Crippen molar-refractivity contribution in [2.45, 2.75) is 44.2 Å². The summed E-state index contributed by atoms with van der Waals surface area (Å²) in [6.07, 6.45) is 3.35. The molecule has 4 rings (SSSR count). The molecule has 0 spiro atoms. The average molecular weight is 426 g/mol. The predicted octanol–water partition coefficient (Wildman–Crippen LogP) is 5.71. The van der Waals surface area contributed by atoms with E-state index in [0.29, 0.717) is 17.7 Å². The minimum Gasteiger partial charge on any atom is -0.482 e. The number of carbonyl (C=O) groups is 1. The second-order valence-electron chi connectivity index (χ2n) is 7.92. The van der Waals surface area contributed by atoms with Gasteiger partial charge < -0.3 is 15.2 Å². The van der Waals surface area contributed by atoms with Gasteiger partial charge in [-0.15, -0.1) is 12.4 Å². The molecule has 5 heteroatoms. The molecule has 30 heavy (non-hydrogen) atoms. The summed E-state index contributed by atoms with van der Waals surface area (Å²) in [5, 5.41) is 15.2. The van der Waals surface area contributed by atoms with Crippen LogP contribution in [0.2, 0.25) is 0 Å². The van der Waals surface area contributed by atoms with Gasteiger partial charge in [-0.1, -0.05) is 54.6 Å². The van der Waals surface area contributed by atoms with E-state index in [1.165, 1.54) is 21.9 Å². The number of aliphatic carboxylic acids is 1. The van der Waals surface area contributed by atoms with Gasteiger partial charge >= 0.3 is 5.97 Å². The number of rotatable bonds is 7. The summed E-state index contributed by atoms with van der Waals surface area (Å²) in [5.74, 6) is 0.147. The topological polar surface area (TPSA) is 58.6 Å². The summed E-state index contributed by atoms with van der Waals surface area (Å²) in [6, 6.07) is 23.7. The van der Waals surface area contributed by atoms with E-state index in [1.54, 1.807) is 0 Å². The molecule has 3 aromatic rings. The van der Waals surface area contributed by atoms with Crippen molar-refractivity contribution in [3.8, 4) is 5.75 Å². The molecule has 1 fully saturated rings. The highest BCUT2D eigenvalue weighted by Gasteiger charge is 2.27. The monoisotopic (exact) mass is 425 g/mol. The van der Waals surface area contributed by atoms with Gasteiger partial charge in [0.25, 0.3) is 0 Å². The van der Waals surface area contributed by atoms with Gasteiger partial charge in [0, 0.05) is 12.1 Å². The Morgan fingerprint density at radius 1 is 1.10 bits per heavy atom. The van der Waals surface area contributed by atoms with Crippen LogP contribution in [0.4, 0.5) is 0 Å². The van der Waals surface area contributed by atoms with Crippen molar-refractivity contribution in [3.63, 3.8) is 0 Å². The van der Waals surface area contributed by atoms with E-state index in [1.807, 2.05) is 18.2 Å². The fraction of sp³-hybridized carbons (Fsp3) is 0.320. The second kappa shape index (κ2) is 9.96. The van der Waals surface area contributed by atoms with Crippen LogP contribution in [-0.2, 0) is 4.79 Å². The number of benzene rings is 3. The molecule has 158 valence electrons. The summed E-state index contributed by atoms with van der Waals surface area (Å²) in [7, 11) is 0. The van der Waals surface area contributed by atoms with Crippen LogP contribution >= 0.6 is 12.4 Å². The third kappa shape index (κ3) is 5.13. The van der Waals surface area contributed by atoms with Crippen molar-refractivity contribution < 1.29 is 14.6 Å². The van der Waals surface area contributed by atoms with Gasteiger partial charge in [0.15, 0.2) is 6.61 Å². The van der Waals surface area contributed by atoms with E-state index in [0.717, 1.165) is 19.3 Å². The Labute approximate surface area is 183 Å². The lowest BCUT2D eigenvalue weighted by Gasteiger charge is -2.21. The number of nitrogens with one attached hydrogen (secondary N) is 1. The minimum absolute atomic E-state index is 0. The van der Waals surface area contributed by atoms with Crippen LogP contribution in [0.25, 0.3) is 10.8 Å². The van der Waals surface area contributed by atoms with Gasteiger partial charge in [0.05, 0.1) is 0 Å². The fourth-order valence-corrected chi connectivity index (χ4v) is 4.51. The van der Waals surface area contributed by atoms with E-state index in [2.05, 4.69) is 60.8 Å². The molecule has 1 aliphatic carbocycles. The smallest absolute Gasteiger partial charge is 0.341 e. The number of fused-ring (bicyclic) bond motifs is 1. The highest BCUT2D eigenvalue weighted by Crippen LogP contribution is 2.37. The number of halogens is 1. The fourth-order valence-electron chi connectivity index (χ4n) is 4.51. The lowest BCUT2D eigenvalue weighted by Crippen LogP contribution is -2.29. The summed E-state index contributed by atoms with van der Waals surface area (Å²) >= 11 is 0. The maximum atomic E-state index is 10.7. The molecule has 3 aromatic carbocycles. The molecule has 0 radical (unpaired) electrons. The van der Waals surface area contributed by atoms with Gasteiger partial charge in [0.2, 0.25) is 0 Å². The van der Waals surface area contributed by atoms with Crippen LogP contribution in [0.1, 0.15) is 49.3 Å². The van der Waals surface area contributed by atoms with Gasteiger partial charge in [-0.2, -0.15) is 0 Å².